The first kappa shape index (κ1) is 99.9. The first-order valence-electron chi connectivity index (χ1n) is 0. The van der Waals surface area contributed by atoms with Crippen LogP contribution in [0.2, 0.25) is 0 Å². The van der Waals surface area contributed by atoms with Gasteiger partial charge in [-0.2, -0.15) is 0 Å². The second kappa shape index (κ2) is 78.6. The zero-order valence-electron chi connectivity index (χ0n) is 4.35. The molecule has 0 aromatic rings. The van der Waals surface area contributed by atoms with Crippen molar-refractivity contribution in [3.05, 3.63) is 0 Å². The molecule has 0 unspecified atom stereocenters. The van der Waals surface area contributed by atoms with E-state index in [0.29, 0.717) is 0 Å². The summed E-state index contributed by atoms with van der Waals surface area (Å²) < 4.78 is 0. The zero-order chi connectivity index (χ0) is 0. The molecule has 0 aliphatic heterocycles. The summed E-state index contributed by atoms with van der Waals surface area (Å²) in [6.45, 7) is 0. The van der Waals surface area contributed by atoms with E-state index in [1.54, 1.807) is 0 Å². The molecule has 0 N–H and O–H groups in total. The normalized spacial score (nSPS) is 0. The Bertz CT molecular complexity index is 12.9. The molecule has 0 aromatic heterocycles. The van der Waals surface area contributed by atoms with E-state index in [1.807, 2.05) is 0 Å². The van der Waals surface area contributed by atoms with Crippen molar-refractivity contribution in [2.24, 2.45) is 0 Å². The van der Waals surface area contributed by atoms with E-state index in [1.165, 1.54) is 0 Å². The van der Waals surface area contributed by atoms with Gasteiger partial charge in [0.15, 0.2) is 0 Å². The minimum absolute atomic E-state index is 0. The van der Waals surface area contributed by atoms with E-state index in [4.69, 9.17) is 0 Å². The van der Waals surface area contributed by atoms with Crippen molar-refractivity contribution in [1.29, 1.82) is 0 Å². The molecule has 0 aliphatic rings. The average molecular weight is 773 g/mol. The average Bonchev–Trinajstić information content (AvgIpc) is 0. The summed E-state index contributed by atoms with van der Waals surface area (Å²) in [4.78, 5) is 0. The summed E-state index contributed by atoms with van der Waals surface area (Å²) >= 11 is 0. The van der Waals surface area contributed by atoms with Crippen LogP contribution in [0.1, 0.15) is 0 Å². The maximum absolute atomic E-state index is 0. The summed E-state index contributed by atoms with van der Waals surface area (Å²) in [5, 5.41) is 0. The molecule has 4 radical (unpaired) electrons. The van der Waals surface area contributed by atoms with Crippen LogP contribution in [-0.2, 0) is 27.4 Å². The third kappa shape index (κ3) is 65.7. The summed E-state index contributed by atoms with van der Waals surface area (Å²) in [5.74, 6) is 0. The predicted octanol–water partition coefficient (Wildman–Crippen LogP) is -2.12. The van der Waals surface area contributed by atoms with Gasteiger partial charge >= 0.3 is 150 Å². The molecule has 5 nitrogen and oxygen atoms in total. The second-order valence-corrected chi connectivity index (χ2v) is 0. The van der Waals surface area contributed by atoms with Crippen molar-refractivity contribution in [3.63, 3.8) is 0 Å². The van der Waals surface area contributed by atoms with Gasteiger partial charge in [0.1, 0.15) is 0 Å². The van der Waals surface area contributed by atoms with Gasteiger partial charge in [0.25, 0.3) is 0 Å². The van der Waals surface area contributed by atoms with Gasteiger partial charge in [-0.1, -0.05) is 0 Å². The molecule has 0 heterocycles. The topological polar surface area (TPSA) is 142 Å². The summed E-state index contributed by atoms with van der Waals surface area (Å²) in [6.07, 6.45) is 0. The number of hydrogen-bond acceptors (Lipinski definition) is 0. The Morgan fingerprint density at radius 3 is 0.333 bits per heavy atom. The quantitative estimate of drug-likeness (QED) is 0.249. The largest absolute Gasteiger partial charge is 3.00 e. The molecule has 0 fully saturated rings. The minimum Gasteiger partial charge on any atom is -2.00 e. The second-order valence-electron chi connectivity index (χ2n) is 0. The Hall–Kier alpha value is 4.71. The standard InChI is InChI=1S/2Ba.2Bi.5O/q2*+2;2*+3;5*-2. The molecule has 0 saturated carbocycles. The van der Waals surface area contributed by atoms with Crippen molar-refractivity contribution in [1.82, 2.24) is 0 Å². The van der Waals surface area contributed by atoms with Gasteiger partial charge in [-0.3, -0.25) is 0 Å². The van der Waals surface area contributed by atoms with Crippen molar-refractivity contribution in [3.8, 4) is 0 Å². The molecule has 0 saturated heterocycles. The van der Waals surface area contributed by atoms with Gasteiger partial charge in [0, 0.05) is 0 Å². The molecule has 0 spiro atoms. The molecule has 0 atom stereocenters. The minimum atomic E-state index is 0. The fraction of sp³-hybridized carbons (Fsp3) is 0. The Morgan fingerprint density at radius 1 is 0.333 bits per heavy atom. The smallest absolute Gasteiger partial charge is 2.00 e. The van der Waals surface area contributed by atoms with Crippen LogP contribution in [0.15, 0.2) is 0 Å². The van der Waals surface area contributed by atoms with Crippen LogP contribution in [0.5, 0.6) is 0 Å². The molecular weight excluding hydrogens is 773 g/mol. The third-order valence-corrected chi connectivity index (χ3v) is 0. The van der Waals surface area contributed by atoms with Crippen LogP contribution in [0.3, 0.4) is 0 Å². The van der Waals surface area contributed by atoms with E-state index >= 15 is 0 Å². The fourth-order valence-corrected chi connectivity index (χ4v) is 0. The van der Waals surface area contributed by atoms with Gasteiger partial charge in [-0.15, -0.1) is 0 Å². The van der Waals surface area contributed by atoms with E-state index in [9.17, 15) is 0 Å². The van der Waals surface area contributed by atoms with E-state index in [2.05, 4.69) is 0 Å². The molecule has 44 valence electrons. The molecule has 0 bridgehead atoms. The van der Waals surface area contributed by atoms with Gasteiger partial charge in [0.05, 0.1) is 0 Å². The fourth-order valence-electron chi connectivity index (χ4n) is 0. The predicted molar refractivity (Wildman–Crippen MR) is 26.4 cm³/mol. The van der Waals surface area contributed by atoms with E-state index in [0.717, 1.165) is 0 Å². The SMILES string of the molecule is [Ba+2].[Ba+2].[Bi+3].[Bi+3].[O-2].[O-2].[O-2].[O-2].[O-2]. The summed E-state index contributed by atoms with van der Waals surface area (Å²) in [5.41, 5.74) is 0. The maximum Gasteiger partial charge on any atom is 3.00 e. The number of rotatable bonds is 0. The molecular formula is Ba2Bi2O5. The third-order valence-electron chi connectivity index (χ3n) is 0. The molecule has 9 heavy (non-hydrogen) atoms. The van der Waals surface area contributed by atoms with Crippen LogP contribution in [0, 0.1) is 0 Å². The Labute approximate surface area is 172 Å². The summed E-state index contributed by atoms with van der Waals surface area (Å²) in [6, 6.07) is 0. The monoisotopic (exact) mass is 774 g/mol. The van der Waals surface area contributed by atoms with Gasteiger partial charge < -0.3 is 27.4 Å². The Balaban J connectivity index is 0. The first-order chi connectivity index (χ1) is 0. The molecule has 0 amide bonds. The maximum atomic E-state index is 0. The van der Waals surface area contributed by atoms with Crippen molar-refractivity contribution in [2.45, 2.75) is 0 Å². The van der Waals surface area contributed by atoms with Crippen LogP contribution in [0.4, 0.5) is 0 Å². The van der Waals surface area contributed by atoms with E-state index in [-0.39, 0.29) is 178 Å². The number of hydrogen-bond donors (Lipinski definition) is 0. The molecule has 0 aliphatic carbocycles. The molecule has 0 aromatic carbocycles. The Kier molecular flexibility index (Phi) is 872. The van der Waals surface area contributed by atoms with E-state index < -0.39 is 0 Å². The summed E-state index contributed by atoms with van der Waals surface area (Å²) in [7, 11) is 0. The van der Waals surface area contributed by atoms with Gasteiger partial charge in [0.2, 0.25) is 0 Å². The van der Waals surface area contributed by atoms with Crippen molar-refractivity contribution in [2.75, 3.05) is 0 Å². The van der Waals surface area contributed by atoms with Crippen molar-refractivity contribution >= 4 is 150 Å². The molecule has 0 rings (SSSR count). The van der Waals surface area contributed by atoms with Crippen LogP contribution >= 0.6 is 0 Å². The molecule has 9 heteroatoms. The van der Waals surface area contributed by atoms with Crippen LogP contribution in [-0.4, -0.2) is 150 Å². The van der Waals surface area contributed by atoms with Gasteiger partial charge in [-0.05, 0) is 0 Å². The Morgan fingerprint density at radius 2 is 0.333 bits per heavy atom. The van der Waals surface area contributed by atoms with Crippen molar-refractivity contribution < 1.29 is 27.4 Å². The van der Waals surface area contributed by atoms with Crippen LogP contribution in [0.25, 0.3) is 0 Å². The van der Waals surface area contributed by atoms with Crippen LogP contribution < -0.4 is 0 Å². The first-order valence-corrected chi connectivity index (χ1v) is 0. The zero-order valence-corrected chi connectivity index (χ0v) is 20.2. The van der Waals surface area contributed by atoms with Gasteiger partial charge in [-0.25, -0.2) is 0 Å².